The largest absolute Gasteiger partial charge is 0.481 e. The van der Waals surface area contributed by atoms with Crippen LogP contribution in [0, 0.1) is 6.92 Å². The van der Waals surface area contributed by atoms with Crippen molar-refractivity contribution in [1.29, 1.82) is 0 Å². The summed E-state index contributed by atoms with van der Waals surface area (Å²) in [6, 6.07) is 3.31. The van der Waals surface area contributed by atoms with Crippen molar-refractivity contribution < 1.29 is 9.90 Å². The number of hydrogen-bond donors (Lipinski definition) is 1. The highest BCUT2D eigenvalue weighted by atomic mass is 16.4. The zero-order valence-corrected chi connectivity index (χ0v) is 8.77. The number of nitrogens with zero attached hydrogens (tertiary/aromatic N) is 1. The molecule has 0 aliphatic rings. The lowest BCUT2D eigenvalue weighted by Gasteiger charge is -2.05. The van der Waals surface area contributed by atoms with Gasteiger partial charge >= 0.3 is 5.97 Å². The van der Waals surface area contributed by atoms with Crippen LogP contribution in [0.1, 0.15) is 24.8 Å². The van der Waals surface area contributed by atoms with Crippen molar-refractivity contribution in [2.75, 3.05) is 0 Å². The molecule has 0 saturated heterocycles. The van der Waals surface area contributed by atoms with Gasteiger partial charge in [0, 0.05) is 25.2 Å². The van der Waals surface area contributed by atoms with E-state index in [1.54, 1.807) is 16.8 Å². The fourth-order valence-corrected chi connectivity index (χ4v) is 1.38. The number of rotatable bonds is 5. The fourth-order valence-electron chi connectivity index (χ4n) is 1.38. The Morgan fingerprint density at radius 1 is 1.40 bits per heavy atom. The van der Waals surface area contributed by atoms with E-state index in [1.165, 1.54) is 6.07 Å². The molecule has 0 unspecified atom stereocenters. The van der Waals surface area contributed by atoms with E-state index in [0.717, 1.165) is 12.0 Å². The Bertz CT molecular complexity index is 395. The third kappa shape index (κ3) is 3.97. The molecule has 1 N–H and O–H groups in total. The van der Waals surface area contributed by atoms with Gasteiger partial charge in [-0.25, -0.2) is 0 Å². The number of aromatic nitrogens is 1. The molecule has 0 atom stereocenters. The van der Waals surface area contributed by atoms with Crippen LogP contribution in [0.25, 0.3) is 0 Å². The maximum atomic E-state index is 11.3. The number of carbonyl (C=O) groups is 1. The second kappa shape index (κ2) is 5.34. The number of aliphatic carboxylic acids is 1. The van der Waals surface area contributed by atoms with Crippen LogP contribution in [0.2, 0.25) is 0 Å². The molecule has 15 heavy (non-hydrogen) atoms. The highest BCUT2D eigenvalue weighted by molar-refractivity contribution is 5.66. The molecule has 1 heterocycles. The van der Waals surface area contributed by atoms with Crippen LogP contribution < -0.4 is 5.56 Å². The molecule has 0 spiro atoms. The number of carboxylic acid groups (broad SMARTS) is 1. The molecule has 0 aliphatic carbocycles. The summed E-state index contributed by atoms with van der Waals surface area (Å²) in [5.74, 6) is -0.786. The number of hydrogen-bond acceptors (Lipinski definition) is 2. The van der Waals surface area contributed by atoms with Gasteiger partial charge in [-0.2, -0.15) is 0 Å². The first-order valence-electron chi connectivity index (χ1n) is 4.98. The van der Waals surface area contributed by atoms with Gasteiger partial charge in [0.15, 0.2) is 0 Å². The van der Waals surface area contributed by atoms with Gasteiger partial charge in [0.2, 0.25) is 0 Å². The quantitative estimate of drug-likeness (QED) is 0.746. The summed E-state index contributed by atoms with van der Waals surface area (Å²) in [5, 5.41) is 8.44. The molecule has 0 fully saturated rings. The summed E-state index contributed by atoms with van der Waals surface area (Å²) in [6.45, 7) is 2.51. The Balaban J connectivity index is 2.47. The lowest BCUT2D eigenvalue weighted by Crippen LogP contribution is -2.18. The van der Waals surface area contributed by atoms with Crippen molar-refractivity contribution in [3.8, 4) is 0 Å². The highest BCUT2D eigenvalue weighted by Gasteiger charge is 1.98. The first-order valence-corrected chi connectivity index (χ1v) is 4.98. The van der Waals surface area contributed by atoms with Crippen LogP contribution in [-0.2, 0) is 11.3 Å². The van der Waals surface area contributed by atoms with Gasteiger partial charge < -0.3 is 9.67 Å². The van der Waals surface area contributed by atoms with Crippen molar-refractivity contribution in [3.05, 3.63) is 34.2 Å². The molecule has 82 valence electrons. The van der Waals surface area contributed by atoms with Gasteiger partial charge in [-0.05, 0) is 25.3 Å². The van der Waals surface area contributed by atoms with E-state index in [-0.39, 0.29) is 12.0 Å². The molecule has 1 rings (SSSR count). The normalized spacial score (nSPS) is 10.2. The topological polar surface area (TPSA) is 59.3 Å². The smallest absolute Gasteiger partial charge is 0.303 e. The molecule has 0 aliphatic heterocycles. The maximum Gasteiger partial charge on any atom is 0.303 e. The van der Waals surface area contributed by atoms with Gasteiger partial charge in [0.05, 0.1) is 0 Å². The van der Waals surface area contributed by atoms with Crippen LogP contribution in [0.15, 0.2) is 23.1 Å². The molecule has 1 aromatic rings. The van der Waals surface area contributed by atoms with Crippen molar-refractivity contribution >= 4 is 5.97 Å². The monoisotopic (exact) mass is 209 g/mol. The van der Waals surface area contributed by atoms with Crippen LogP contribution in [0.5, 0.6) is 0 Å². The third-order valence-corrected chi connectivity index (χ3v) is 2.17. The molecule has 4 nitrogen and oxygen atoms in total. The number of unbranched alkanes of at least 4 members (excludes halogenated alkanes) is 1. The van der Waals surface area contributed by atoms with Crippen LogP contribution in [0.3, 0.4) is 0 Å². The molecular weight excluding hydrogens is 194 g/mol. The van der Waals surface area contributed by atoms with E-state index in [4.69, 9.17) is 5.11 Å². The predicted octanol–water partition coefficient (Wildman–Crippen LogP) is 1.41. The third-order valence-electron chi connectivity index (χ3n) is 2.17. The Morgan fingerprint density at radius 2 is 2.13 bits per heavy atom. The molecule has 4 heteroatoms. The minimum atomic E-state index is -0.786. The maximum absolute atomic E-state index is 11.3. The van der Waals surface area contributed by atoms with E-state index >= 15 is 0 Å². The predicted molar refractivity (Wildman–Crippen MR) is 56.9 cm³/mol. The highest BCUT2D eigenvalue weighted by Crippen LogP contribution is 1.99. The molecule has 0 bridgehead atoms. The minimum Gasteiger partial charge on any atom is -0.481 e. The van der Waals surface area contributed by atoms with Gasteiger partial charge in [-0.3, -0.25) is 9.59 Å². The zero-order valence-electron chi connectivity index (χ0n) is 8.77. The first kappa shape index (κ1) is 11.5. The number of carboxylic acids is 1. The van der Waals surface area contributed by atoms with Crippen molar-refractivity contribution in [1.82, 2.24) is 4.57 Å². The molecule has 0 amide bonds. The van der Waals surface area contributed by atoms with Crippen LogP contribution in [-0.4, -0.2) is 15.6 Å². The lowest BCUT2D eigenvalue weighted by molar-refractivity contribution is -0.137. The second-order valence-electron chi connectivity index (χ2n) is 3.59. The summed E-state index contributed by atoms with van der Waals surface area (Å²) in [6.07, 6.45) is 3.29. The minimum absolute atomic E-state index is 0.0316. The van der Waals surface area contributed by atoms with Crippen LogP contribution >= 0.6 is 0 Å². The standard InChI is InChI=1S/C11H15NO3/c1-9-5-6-10(13)12(8-9)7-3-2-4-11(14)15/h5-6,8H,2-4,7H2,1H3,(H,14,15). The molecule has 0 aromatic carbocycles. The lowest BCUT2D eigenvalue weighted by atomic mass is 10.2. The first-order chi connectivity index (χ1) is 7.09. The van der Waals surface area contributed by atoms with E-state index in [1.807, 2.05) is 6.92 Å². The molecule has 0 radical (unpaired) electrons. The molecule has 1 aromatic heterocycles. The SMILES string of the molecule is Cc1ccc(=O)n(CCCCC(=O)O)c1. The summed E-state index contributed by atoms with van der Waals surface area (Å²) >= 11 is 0. The van der Waals surface area contributed by atoms with Crippen molar-refractivity contribution in [2.24, 2.45) is 0 Å². The Kier molecular flexibility index (Phi) is 4.09. The number of aryl methyl sites for hydroxylation is 2. The van der Waals surface area contributed by atoms with E-state index in [0.29, 0.717) is 13.0 Å². The average molecular weight is 209 g/mol. The number of pyridine rings is 1. The Hall–Kier alpha value is -1.58. The van der Waals surface area contributed by atoms with Crippen molar-refractivity contribution in [2.45, 2.75) is 32.7 Å². The Morgan fingerprint density at radius 3 is 2.80 bits per heavy atom. The van der Waals surface area contributed by atoms with E-state index in [2.05, 4.69) is 0 Å². The zero-order chi connectivity index (χ0) is 11.3. The van der Waals surface area contributed by atoms with Gasteiger partial charge in [0.25, 0.3) is 5.56 Å². The fraction of sp³-hybridized carbons (Fsp3) is 0.455. The summed E-state index contributed by atoms with van der Waals surface area (Å²) in [4.78, 5) is 21.6. The average Bonchev–Trinajstić information content (AvgIpc) is 2.17. The van der Waals surface area contributed by atoms with Gasteiger partial charge in [0.1, 0.15) is 0 Å². The van der Waals surface area contributed by atoms with Gasteiger partial charge in [-0.1, -0.05) is 6.07 Å². The Labute approximate surface area is 88.2 Å². The summed E-state index contributed by atoms with van der Waals surface area (Å²) < 4.78 is 1.62. The van der Waals surface area contributed by atoms with Crippen LogP contribution in [0.4, 0.5) is 0 Å². The van der Waals surface area contributed by atoms with Crippen molar-refractivity contribution in [3.63, 3.8) is 0 Å². The van der Waals surface area contributed by atoms with E-state index in [9.17, 15) is 9.59 Å². The molecule has 0 saturated carbocycles. The second-order valence-corrected chi connectivity index (χ2v) is 3.59. The van der Waals surface area contributed by atoms with E-state index < -0.39 is 5.97 Å². The van der Waals surface area contributed by atoms with Gasteiger partial charge in [-0.15, -0.1) is 0 Å². The summed E-state index contributed by atoms with van der Waals surface area (Å²) in [5.41, 5.74) is 1.00. The molecular formula is C11H15NO3. The summed E-state index contributed by atoms with van der Waals surface area (Å²) in [7, 11) is 0.